The summed E-state index contributed by atoms with van der Waals surface area (Å²) in [4.78, 5) is 18.2. The molecule has 0 aliphatic rings. The van der Waals surface area contributed by atoms with Crippen molar-refractivity contribution in [3.63, 3.8) is 0 Å². The summed E-state index contributed by atoms with van der Waals surface area (Å²) in [6, 6.07) is 7.82. The fraction of sp³-hybridized carbons (Fsp3) is 0.286. The molecular formula is C14H15BrN2OS. The Hall–Kier alpha value is -1.20. The van der Waals surface area contributed by atoms with E-state index in [1.54, 1.807) is 16.2 Å². The smallest absolute Gasteiger partial charge is 0.227 e. The van der Waals surface area contributed by atoms with Gasteiger partial charge in [-0.3, -0.25) is 4.79 Å². The largest absolute Gasteiger partial charge is 0.340 e. The maximum atomic E-state index is 12.1. The number of likely N-dealkylation sites (N-methyl/N-ethyl adjacent to an activating group) is 1. The molecule has 0 spiro atoms. The lowest BCUT2D eigenvalue weighted by molar-refractivity contribution is -0.129. The minimum absolute atomic E-state index is 0.105. The second kappa shape index (κ2) is 6.30. The second-order valence-corrected chi connectivity index (χ2v) is 6.39. The second-order valence-electron chi connectivity index (χ2n) is 4.41. The molecule has 0 saturated heterocycles. The number of benzene rings is 1. The van der Waals surface area contributed by atoms with Crippen LogP contribution in [0.25, 0.3) is 0 Å². The average Bonchev–Trinajstić information content (AvgIpc) is 2.77. The minimum atomic E-state index is 0.105. The van der Waals surface area contributed by atoms with Gasteiger partial charge in [0.05, 0.1) is 23.7 Å². The molecule has 1 aromatic carbocycles. The molecule has 0 unspecified atom stereocenters. The molecule has 0 bridgehead atoms. The van der Waals surface area contributed by atoms with Crippen LogP contribution < -0.4 is 0 Å². The first-order valence-electron chi connectivity index (χ1n) is 5.94. The summed E-state index contributed by atoms with van der Waals surface area (Å²) in [6.07, 6.45) is 0.424. The SMILES string of the molecule is Cc1nc(CN(C)C(=O)Cc2ccc(Br)cc2)cs1. The molecule has 0 fully saturated rings. The highest BCUT2D eigenvalue weighted by molar-refractivity contribution is 9.10. The van der Waals surface area contributed by atoms with E-state index in [1.165, 1.54) is 0 Å². The highest BCUT2D eigenvalue weighted by atomic mass is 79.9. The zero-order valence-electron chi connectivity index (χ0n) is 10.9. The molecule has 1 amide bonds. The molecule has 2 aromatic rings. The predicted octanol–water partition coefficient (Wildman–Crippen LogP) is 3.42. The Morgan fingerprint density at radius 2 is 2.05 bits per heavy atom. The Morgan fingerprint density at radius 1 is 1.37 bits per heavy atom. The van der Waals surface area contributed by atoms with E-state index >= 15 is 0 Å². The van der Waals surface area contributed by atoms with Crippen LogP contribution >= 0.6 is 27.3 Å². The zero-order chi connectivity index (χ0) is 13.8. The summed E-state index contributed by atoms with van der Waals surface area (Å²) in [7, 11) is 1.82. The van der Waals surface area contributed by atoms with Crippen molar-refractivity contribution in [2.45, 2.75) is 19.9 Å². The molecule has 0 aliphatic heterocycles. The summed E-state index contributed by atoms with van der Waals surface area (Å²) in [5.74, 6) is 0.105. The van der Waals surface area contributed by atoms with Gasteiger partial charge in [0.15, 0.2) is 0 Å². The maximum absolute atomic E-state index is 12.1. The number of aromatic nitrogens is 1. The first-order valence-corrected chi connectivity index (χ1v) is 7.61. The summed E-state index contributed by atoms with van der Waals surface area (Å²) in [6.45, 7) is 2.54. The van der Waals surface area contributed by atoms with Crippen LogP contribution in [0.4, 0.5) is 0 Å². The normalized spacial score (nSPS) is 10.5. The average molecular weight is 339 g/mol. The Morgan fingerprint density at radius 3 is 2.63 bits per heavy atom. The van der Waals surface area contributed by atoms with Crippen LogP contribution in [0.3, 0.4) is 0 Å². The lowest BCUT2D eigenvalue weighted by atomic mass is 10.1. The Kier molecular flexibility index (Phi) is 4.71. The minimum Gasteiger partial charge on any atom is -0.340 e. The number of halogens is 1. The van der Waals surface area contributed by atoms with Crippen molar-refractivity contribution in [2.24, 2.45) is 0 Å². The van der Waals surface area contributed by atoms with Crippen LogP contribution in [0.15, 0.2) is 34.1 Å². The highest BCUT2D eigenvalue weighted by Crippen LogP contribution is 2.13. The van der Waals surface area contributed by atoms with Crippen molar-refractivity contribution in [1.29, 1.82) is 0 Å². The molecule has 3 nitrogen and oxygen atoms in total. The fourth-order valence-electron chi connectivity index (χ4n) is 1.72. The van der Waals surface area contributed by atoms with Crippen molar-refractivity contribution in [1.82, 2.24) is 9.88 Å². The molecule has 0 saturated carbocycles. The van der Waals surface area contributed by atoms with Gasteiger partial charge in [-0.05, 0) is 24.6 Å². The zero-order valence-corrected chi connectivity index (χ0v) is 13.3. The highest BCUT2D eigenvalue weighted by Gasteiger charge is 2.11. The molecule has 100 valence electrons. The number of hydrogen-bond donors (Lipinski definition) is 0. The van der Waals surface area contributed by atoms with Crippen LogP contribution in [0.5, 0.6) is 0 Å². The number of nitrogens with zero attached hydrogens (tertiary/aromatic N) is 2. The number of amides is 1. The van der Waals surface area contributed by atoms with Gasteiger partial charge in [0.2, 0.25) is 5.91 Å². The maximum Gasteiger partial charge on any atom is 0.227 e. The molecule has 5 heteroatoms. The van der Waals surface area contributed by atoms with Gasteiger partial charge in [-0.2, -0.15) is 0 Å². The monoisotopic (exact) mass is 338 g/mol. The Labute approximate surface area is 125 Å². The number of rotatable bonds is 4. The topological polar surface area (TPSA) is 33.2 Å². The summed E-state index contributed by atoms with van der Waals surface area (Å²) >= 11 is 4.99. The summed E-state index contributed by atoms with van der Waals surface area (Å²) in [5, 5.41) is 3.03. The number of thiazole rings is 1. The van der Waals surface area contributed by atoms with Gasteiger partial charge in [0.1, 0.15) is 0 Å². The molecule has 0 atom stereocenters. The van der Waals surface area contributed by atoms with E-state index in [2.05, 4.69) is 20.9 Å². The van der Waals surface area contributed by atoms with E-state index in [1.807, 2.05) is 43.6 Å². The fourth-order valence-corrected chi connectivity index (χ4v) is 2.59. The van der Waals surface area contributed by atoms with Gasteiger partial charge >= 0.3 is 0 Å². The van der Waals surface area contributed by atoms with E-state index in [4.69, 9.17) is 0 Å². The van der Waals surface area contributed by atoms with Crippen LogP contribution in [-0.2, 0) is 17.8 Å². The first-order chi connectivity index (χ1) is 9.04. The molecular weight excluding hydrogens is 324 g/mol. The van der Waals surface area contributed by atoms with Crippen LogP contribution in [-0.4, -0.2) is 22.8 Å². The third kappa shape index (κ3) is 4.14. The number of carbonyl (C=O) groups is 1. The van der Waals surface area contributed by atoms with Crippen molar-refractivity contribution >= 4 is 33.2 Å². The van der Waals surface area contributed by atoms with Crippen LogP contribution in [0.2, 0.25) is 0 Å². The van der Waals surface area contributed by atoms with Gasteiger partial charge in [-0.1, -0.05) is 28.1 Å². The van der Waals surface area contributed by atoms with Crippen molar-refractivity contribution in [3.05, 3.63) is 50.4 Å². The molecule has 0 aliphatic carbocycles. The summed E-state index contributed by atoms with van der Waals surface area (Å²) < 4.78 is 1.02. The van der Waals surface area contributed by atoms with Gasteiger partial charge in [0, 0.05) is 16.9 Å². The Bertz CT molecular complexity index is 565. The standard InChI is InChI=1S/C14H15BrN2OS/c1-10-16-13(9-19-10)8-17(2)14(18)7-11-3-5-12(15)6-4-11/h3-6,9H,7-8H2,1-2H3. The van der Waals surface area contributed by atoms with Crippen LogP contribution in [0, 0.1) is 6.92 Å². The number of carbonyl (C=O) groups excluding carboxylic acids is 1. The predicted molar refractivity (Wildman–Crippen MR) is 81.2 cm³/mol. The molecule has 0 N–H and O–H groups in total. The molecule has 2 rings (SSSR count). The van der Waals surface area contributed by atoms with E-state index in [0.29, 0.717) is 13.0 Å². The van der Waals surface area contributed by atoms with Gasteiger partial charge in [-0.25, -0.2) is 4.98 Å². The van der Waals surface area contributed by atoms with E-state index in [-0.39, 0.29) is 5.91 Å². The summed E-state index contributed by atoms with van der Waals surface area (Å²) in [5.41, 5.74) is 1.98. The lowest BCUT2D eigenvalue weighted by Crippen LogP contribution is -2.27. The molecule has 0 radical (unpaired) electrons. The molecule has 1 heterocycles. The number of hydrogen-bond acceptors (Lipinski definition) is 3. The van der Waals surface area contributed by atoms with Crippen molar-refractivity contribution in [2.75, 3.05) is 7.05 Å². The third-order valence-corrected chi connectivity index (χ3v) is 4.11. The van der Waals surface area contributed by atoms with Crippen LogP contribution in [0.1, 0.15) is 16.3 Å². The first kappa shape index (κ1) is 14.2. The number of aryl methyl sites for hydroxylation is 1. The Balaban J connectivity index is 1.94. The molecule has 1 aromatic heterocycles. The lowest BCUT2D eigenvalue weighted by Gasteiger charge is -2.15. The molecule has 19 heavy (non-hydrogen) atoms. The van der Waals surface area contributed by atoms with E-state index in [9.17, 15) is 4.79 Å². The van der Waals surface area contributed by atoms with E-state index < -0.39 is 0 Å². The van der Waals surface area contributed by atoms with Crippen molar-refractivity contribution in [3.8, 4) is 0 Å². The van der Waals surface area contributed by atoms with Gasteiger partial charge in [0.25, 0.3) is 0 Å². The third-order valence-electron chi connectivity index (χ3n) is 2.76. The van der Waals surface area contributed by atoms with E-state index in [0.717, 1.165) is 20.7 Å². The van der Waals surface area contributed by atoms with Crippen molar-refractivity contribution < 1.29 is 4.79 Å². The van der Waals surface area contributed by atoms with Gasteiger partial charge < -0.3 is 4.90 Å². The van der Waals surface area contributed by atoms with Gasteiger partial charge in [-0.15, -0.1) is 11.3 Å². The quantitative estimate of drug-likeness (QED) is 0.855.